The van der Waals surface area contributed by atoms with Crippen molar-refractivity contribution in [1.82, 2.24) is 5.32 Å². The molecule has 27 heavy (non-hydrogen) atoms. The molecule has 1 fully saturated rings. The number of rotatable bonds is 6. The highest BCUT2D eigenvalue weighted by atomic mass is 16.5. The molecule has 2 atom stereocenters. The van der Waals surface area contributed by atoms with Crippen molar-refractivity contribution in [2.75, 3.05) is 18.6 Å². The van der Waals surface area contributed by atoms with E-state index in [9.17, 15) is 19.5 Å². The lowest BCUT2D eigenvalue weighted by atomic mass is 10.0. The summed E-state index contributed by atoms with van der Waals surface area (Å²) >= 11 is 0. The van der Waals surface area contributed by atoms with Crippen LogP contribution in [0.5, 0.6) is 5.75 Å². The van der Waals surface area contributed by atoms with Crippen molar-refractivity contribution < 1.29 is 24.2 Å². The highest BCUT2D eigenvalue weighted by Crippen LogP contribution is 2.33. The molecule has 0 spiro atoms. The molecular formula is C20H20N2O5. The quantitative estimate of drug-likeness (QED) is 0.813. The second-order valence-corrected chi connectivity index (χ2v) is 6.27. The number of carbonyl (C=O) groups excluding carboxylic acids is 2. The summed E-state index contributed by atoms with van der Waals surface area (Å²) in [6.45, 7) is 0.173. The Hall–Kier alpha value is -3.35. The molecule has 0 aliphatic carbocycles. The minimum atomic E-state index is -1.16. The molecule has 1 heterocycles. The number of nitrogens with one attached hydrogen (secondary N) is 1. The summed E-state index contributed by atoms with van der Waals surface area (Å²) in [5.41, 5.74) is 1.07. The molecule has 3 rings (SSSR count). The average molecular weight is 368 g/mol. The number of benzene rings is 2. The number of carboxylic acid groups (broad SMARTS) is 1. The zero-order valence-electron chi connectivity index (χ0n) is 14.8. The Morgan fingerprint density at radius 2 is 1.81 bits per heavy atom. The van der Waals surface area contributed by atoms with Gasteiger partial charge in [-0.25, -0.2) is 4.79 Å². The summed E-state index contributed by atoms with van der Waals surface area (Å²) < 4.78 is 5.28. The molecule has 140 valence electrons. The molecule has 0 aromatic heterocycles. The minimum Gasteiger partial charge on any atom is -0.495 e. The molecular weight excluding hydrogens is 348 g/mol. The molecule has 0 bridgehead atoms. The van der Waals surface area contributed by atoms with E-state index < -0.39 is 23.8 Å². The second kappa shape index (κ2) is 7.90. The van der Waals surface area contributed by atoms with Crippen molar-refractivity contribution in [2.24, 2.45) is 5.92 Å². The summed E-state index contributed by atoms with van der Waals surface area (Å²) in [5, 5.41) is 12.0. The zero-order valence-corrected chi connectivity index (χ0v) is 14.8. The van der Waals surface area contributed by atoms with Gasteiger partial charge in [-0.05, 0) is 17.7 Å². The number of hydrogen-bond donors (Lipinski definition) is 2. The van der Waals surface area contributed by atoms with E-state index in [0.717, 1.165) is 0 Å². The third-order valence-electron chi connectivity index (χ3n) is 4.54. The maximum Gasteiger partial charge on any atom is 0.330 e. The molecule has 2 aromatic rings. The van der Waals surface area contributed by atoms with Crippen molar-refractivity contribution in [2.45, 2.75) is 12.5 Å². The Labute approximate surface area is 156 Å². The van der Waals surface area contributed by atoms with Gasteiger partial charge in [0, 0.05) is 13.0 Å². The smallest absolute Gasteiger partial charge is 0.330 e. The van der Waals surface area contributed by atoms with Crippen molar-refractivity contribution in [3.8, 4) is 5.75 Å². The standard InChI is InChI=1S/C20H20N2O5/c1-27-16-10-6-5-9-15(16)22-12-14(11-17(22)23)19(24)21-18(20(25)26)13-7-3-2-4-8-13/h2-10,14,18H,11-12H2,1H3,(H,21,24)(H,25,26)/t14?,18-/m0/s1. The third kappa shape index (κ3) is 3.92. The number of ether oxygens (including phenoxy) is 1. The van der Waals surface area contributed by atoms with E-state index in [1.807, 2.05) is 0 Å². The molecule has 2 N–H and O–H groups in total. The normalized spacial score (nSPS) is 17.4. The maximum atomic E-state index is 12.6. The molecule has 1 unspecified atom stereocenters. The SMILES string of the molecule is COc1ccccc1N1CC(C(=O)N[C@H](C(=O)O)c2ccccc2)CC1=O. The third-order valence-corrected chi connectivity index (χ3v) is 4.54. The summed E-state index contributed by atoms with van der Waals surface area (Å²) in [7, 11) is 1.51. The highest BCUT2D eigenvalue weighted by Gasteiger charge is 2.37. The largest absolute Gasteiger partial charge is 0.495 e. The Morgan fingerprint density at radius 1 is 1.15 bits per heavy atom. The molecule has 0 radical (unpaired) electrons. The number of anilines is 1. The van der Waals surface area contributed by atoms with E-state index in [-0.39, 0.29) is 18.9 Å². The van der Waals surface area contributed by atoms with Gasteiger partial charge in [0.15, 0.2) is 6.04 Å². The van der Waals surface area contributed by atoms with Crippen molar-refractivity contribution in [3.05, 3.63) is 60.2 Å². The van der Waals surface area contributed by atoms with Gasteiger partial charge < -0.3 is 20.1 Å². The Bertz CT molecular complexity index is 852. The number of methoxy groups -OCH3 is 1. The van der Waals surface area contributed by atoms with Gasteiger partial charge >= 0.3 is 5.97 Å². The van der Waals surface area contributed by atoms with E-state index in [0.29, 0.717) is 17.0 Å². The fraction of sp³-hybridized carbons (Fsp3) is 0.250. The monoisotopic (exact) mass is 368 g/mol. The van der Waals surface area contributed by atoms with Crippen molar-refractivity contribution in [3.63, 3.8) is 0 Å². The van der Waals surface area contributed by atoms with Gasteiger partial charge in [-0.3, -0.25) is 9.59 Å². The van der Waals surface area contributed by atoms with Gasteiger partial charge in [-0.15, -0.1) is 0 Å². The lowest BCUT2D eigenvalue weighted by Gasteiger charge is -2.20. The first-order chi connectivity index (χ1) is 13.0. The van der Waals surface area contributed by atoms with Crippen molar-refractivity contribution >= 4 is 23.5 Å². The first-order valence-electron chi connectivity index (χ1n) is 8.52. The van der Waals surface area contributed by atoms with Crippen LogP contribution in [0.15, 0.2) is 54.6 Å². The number of nitrogens with zero attached hydrogens (tertiary/aromatic N) is 1. The zero-order chi connectivity index (χ0) is 19.4. The average Bonchev–Trinajstić information content (AvgIpc) is 3.08. The molecule has 1 aliphatic rings. The number of para-hydroxylation sites is 2. The highest BCUT2D eigenvalue weighted by molar-refractivity contribution is 6.01. The number of aliphatic carboxylic acids is 1. The topological polar surface area (TPSA) is 95.9 Å². The van der Waals surface area contributed by atoms with Crippen LogP contribution in [0.4, 0.5) is 5.69 Å². The molecule has 1 aliphatic heterocycles. The lowest BCUT2D eigenvalue weighted by Crippen LogP contribution is -2.38. The van der Waals surface area contributed by atoms with E-state index in [1.165, 1.54) is 12.0 Å². The first kappa shape index (κ1) is 18.4. The molecule has 0 saturated carbocycles. The number of carboxylic acids is 1. The Kier molecular flexibility index (Phi) is 5.40. The minimum absolute atomic E-state index is 0.0189. The molecule has 2 amide bonds. The van der Waals surface area contributed by atoms with E-state index >= 15 is 0 Å². The van der Waals surface area contributed by atoms with Crippen LogP contribution in [0.1, 0.15) is 18.0 Å². The van der Waals surface area contributed by atoms with Gasteiger partial charge in [0.25, 0.3) is 0 Å². The van der Waals surface area contributed by atoms with Crippen LogP contribution in [0, 0.1) is 5.92 Å². The molecule has 7 nitrogen and oxygen atoms in total. The molecule has 2 aromatic carbocycles. The molecule has 1 saturated heterocycles. The van der Waals surface area contributed by atoms with Gasteiger partial charge in [0.05, 0.1) is 18.7 Å². The van der Waals surface area contributed by atoms with Crippen LogP contribution in [-0.2, 0) is 14.4 Å². The number of hydrogen-bond acceptors (Lipinski definition) is 4. The maximum absolute atomic E-state index is 12.6. The van der Waals surface area contributed by atoms with Crippen LogP contribution in [0.2, 0.25) is 0 Å². The first-order valence-corrected chi connectivity index (χ1v) is 8.52. The predicted molar refractivity (Wildman–Crippen MR) is 98.4 cm³/mol. The van der Waals surface area contributed by atoms with Crippen LogP contribution >= 0.6 is 0 Å². The lowest BCUT2D eigenvalue weighted by molar-refractivity contribution is -0.142. The van der Waals surface area contributed by atoms with E-state index in [1.54, 1.807) is 54.6 Å². The second-order valence-electron chi connectivity index (χ2n) is 6.27. The van der Waals surface area contributed by atoms with Crippen LogP contribution < -0.4 is 15.0 Å². The number of carbonyl (C=O) groups is 3. The summed E-state index contributed by atoms with van der Waals surface area (Å²) in [6, 6.07) is 14.4. The van der Waals surface area contributed by atoms with Crippen LogP contribution in [0.25, 0.3) is 0 Å². The van der Waals surface area contributed by atoms with E-state index in [2.05, 4.69) is 5.32 Å². The van der Waals surface area contributed by atoms with Crippen LogP contribution in [0.3, 0.4) is 0 Å². The number of amides is 2. The van der Waals surface area contributed by atoms with Crippen molar-refractivity contribution in [1.29, 1.82) is 0 Å². The Morgan fingerprint density at radius 3 is 2.48 bits per heavy atom. The fourth-order valence-corrected chi connectivity index (χ4v) is 3.16. The van der Waals surface area contributed by atoms with Gasteiger partial charge in [0.1, 0.15) is 5.75 Å². The predicted octanol–water partition coefficient (Wildman–Crippen LogP) is 1.99. The summed E-state index contributed by atoms with van der Waals surface area (Å²) in [6.07, 6.45) is 0.0189. The van der Waals surface area contributed by atoms with Gasteiger partial charge in [-0.1, -0.05) is 42.5 Å². The summed E-state index contributed by atoms with van der Waals surface area (Å²) in [5.74, 6) is -1.91. The van der Waals surface area contributed by atoms with E-state index in [4.69, 9.17) is 4.74 Å². The van der Waals surface area contributed by atoms with Gasteiger partial charge in [0.2, 0.25) is 11.8 Å². The Balaban J connectivity index is 1.74. The molecule has 7 heteroatoms. The van der Waals surface area contributed by atoms with Crippen LogP contribution in [-0.4, -0.2) is 36.5 Å². The summed E-state index contributed by atoms with van der Waals surface area (Å²) in [4.78, 5) is 38.1. The van der Waals surface area contributed by atoms with Gasteiger partial charge in [-0.2, -0.15) is 0 Å². The fourth-order valence-electron chi connectivity index (χ4n) is 3.16.